The third-order valence-corrected chi connectivity index (χ3v) is 5.67. The fraction of sp³-hybridized carbons (Fsp3) is 0.750. The molecule has 1 aliphatic rings. The van der Waals surface area contributed by atoms with Crippen molar-refractivity contribution >= 4 is 21.6 Å². The number of alkyl halides is 1. The Labute approximate surface area is 119 Å². The number of imidazole rings is 1. The summed E-state index contributed by atoms with van der Waals surface area (Å²) in [7, 11) is -3.50. The molecule has 0 N–H and O–H groups in total. The molecule has 1 fully saturated rings. The van der Waals surface area contributed by atoms with E-state index in [-0.39, 0.29) is 11.1 Å². The standard InChI is InChI=1S/C12H20ClN3O2S/c1-3-6-15-9-12(14-10(15)2)19(17,18)16-7-4-5-11(16)8-13/h9,11H,3-8H2,1-2H3. The van der Waals surface area contributed by atoms with Crippen LogP contribution < -0.4 is 0 Å². The highest BCUT2D eigenvalue weighted by molar-refractivity contribution is 7.89. The van der Waals surface area contributed by atoms with Crippen molar-refractivity contribution in [2.75, 3.05) is 12.4 Å². The third-order valence-electron chi connectivity index (χ3n) is 3.49. The number of sulfonamides is 1. The number of aromatic nitrogens is 2. The predicted octanol–water partition coefficient (Wildman–Crippen LogP) is 1.99. The molecule has 2 rings (SSSR count). The summed E-state index contributed by atoms with van der Waals surface area (Å²) in [6, 6.07) is -0.0942. The van der Waals surface area contributed by atoms with Gasteiger partial charge >= 0.3 is 0 Å². The number of rotatable bonds is 5. The molecule has 19 heavy (non-hydrogen) atoms. The van der Waals surface area contributed by atoms with Crippen LogP contribution in [0.3, 0.4) is 0 Å². The molecule has 2 heterocycles. The van der Waals surface area contributed by atoms with Crippen molar-refractivity contribution in [2.45, 2.75) is 50.7 Å². The van der Waals surface area contributed by atoms with Crippen LogP contribution in [0, 0.1) is 6.92 Å². The summed E-state index contributed by atoms with van der Waals surface area (Å²) in [5, 5.41) is 0.149. The van der Waals surface area contributed by atoms with E-state index in [9.17, 15) is 8.42 Å². The van der Waals surface area contributed by atoms with Crippen molar-refractivity contribution in [1.29, 1.82) is 0 Å². The van der Waals surface area contributed by atoms with E-state index in [2.05, 4.69) is 11.9 Å². The van der Waals surface area contributed by atoms with Crippen LogP contribution in [0.15, 0.2) is 11.2 Å². The zero-order valence-electron chi connectivity index (χ0n) is 11.3. The Balaban J connectivity index is 2.31. The van der Waals surface area contributed by atoms with Gasteiger partial charge in [-0.05, 0) is 26.2 Å². The van der Waals surface area contributed by atoms with E-state index >= 15 is 0 Å². The van der Waals surface area contributed by atoms with Gasteiger partial charge in [-0.2, -0.15) is 4.31 Å². The first kappa shape index (κ1) is 14.8. The highest BCUT2D eigenvalue weighted by atomic mass is 35.5. The fourth-order valence-electron chi connectivity index (χ4n) is 2.47. The summed E-state index contributed by atoms with van der Waals surface area (Å²) in [6.45, 7) is 5.21. The van der Waals surface area contributed by atoms with Crippen molar-refractivity contribution in [2.24, 2.45) is 0 Å². The quantitative estimate of drug-likeness (QED) is 0.782. The molecule has 5 nitrogen and oxygen atoms in total. The van der Waals surface area contributed by atoms with E-state index in [1.54, 1.807) is 6.20 Å². The molecule has 1 aliphatic heterocycles. The molecule has 1 aromatic heterocycles. The largest absolute Gasteiger partial charge is 0.334 e. The first-order valence-electron chi connectivity index (χ1n) is 6.62. The number of halogens is 1. The van der Waals surface area contributed by atoms with Gasteiger partial charge in [0, 0.05) is 31.2 Å². The molecule has 7 heteroatoms. The lowest BCUT2D eigenvalue weighted by molar-refractivity contribution is 0.409. The van der Waals surface area contributed by atoms with Gasteiger partial charge in [0.05, 0.1) is 0 Å². The van der Waals surface area contributed by atoms with Crippen LogP contribution in [0.5, 0.6) is 0 Å². The van der Waals surface area contributed by atoms with Crippen molar-refractivity contribution in [3.63, 3.8) is 0 Å². The second-order valence-electron chi connectivity index (χ2n) is 4.89. The lowest BCUT2D eigenvalue weighted by Gasteiger charge is -2.20. The van der Waals surface area contributed by atoms with E-state index in [1.807, 2.05) is 11.5 Å². The first-order valence-corrected chi connectivity index (χ1v) is 8.59. The van der Waals surface area contributed by atoms with Crippen LogP contribution >= 0.6 is 11.6 Å². The predicted molar refractivity (Wildman–Crippen MR) is 74.9 cm³/mol. The lowest BCUT2D eigenvalue weighted by atomic mass is 10.3. The summed E-state index contributed by atoms with van der Waals surface area (Å²) in [4.78, 5) is 4.20. The van der Waals surface area contributed by atoms with Crippen molar-refractivity contribution in [3.05, 3.63) is 12.0 Å². The average molecular weight is 306 g/mol. The molecule has 0 bridgehead atoms. The average Bonchev–Trinajstić information content (AvgIpc) is 2.97. The van der Waals surface area contributed by atoms with E-state index in [1.165, 1.54) is 4.31 Å². The zero-order chi connectivity index (χ0) is 14.0. The van der Waals surface area contributed by atoms with Crippen LogP contribution in [-0.4, -0.2) is 40.7 Å². The number of hydrogen-bond donors (Lipinski definition) is 0. The molecule has 1 saturated heterocycles. The highest BCUT2D eigenvalue weighted by Crippen LogP contribution is 2.26. The van der Waals surface area contributed by atoms with Gasteiger partial charge in [0.1, 0.15) is 5.82 Å². The first-order chi connectivity index (χ1) is 9.00. The fourth-order valence-corrected chi connectivity index (χ4v) is 4.56. The normalized spacial score (nSPS) is 21.1. The second-order valence-corrected chi connectivity index (χ2v) is 7.03. The Morgan fingerprint density at radius 2 is 2.26 bits per heavy atom. The summed E-state index contributed by atoms with van der Waals surface area (Å²) >= 11 is 5.85. The SMILES string of the molecule is CCCn1cc(S(=O)(=O)N2CCCC2CCl)nc1C. The molecule has 0 saturated carbocycles. The Hall–Kier alpha value is -0.590. The minimum atomic E-state index is -3.50. The maximum atomic E-state index is 12.6. The summed E-state index contributed by atoms with van der Waals surface area (Å²) in [6.07, 6.45) is 4.28. The van der Waals surface area contributed by atoms with Gasteiger partial charge in [0.15, 0.2) is 5.03 Å². The highest BCUT2D eigenvalue weighted by Gasteiger charge is 2.36. The van der Waals surface area contributed by atoms with Gasteiger partial charge in [0.2, 0.25) is 0 Å². The maximum absolute atomic E-state index is 12.6. The number of hydrogen-bond acceptors (Lipinski definition) is 3. The van der Waals surface area contributed by atoms with Gasteiger partial charge in [-0.25, -0.2) is 13.4 Å². The van der Waals surface area contributed by atoms with Crippen molar-refractivity contribution in [3.8, 4) is 0 Å². The molecule has 1 aromatic rings. The minimum absolute atomic E-state index is 0.0942. The monoisotopic (exact) mass is 305 g/mol. The topological polar surface area (TPSA) is 55.2 Å². The van der Waals surface area contributed by atoms with Crippen LogP contribution in [0.4, 0.5) is 0 Å². The number of aryl methyl sites for hydroxylation is 2. The Morgan fingerprint density at radius 1 is 1.53 bits per heavy atom. The van der Waals surface area contributed by atoms with Crippen molar-refractivity contribution in [1.82, 2.24) is 13.9 Å². The molecular formula is C12H20ClN3O2S. The third kappa shape index (κ3) is 2.80. The second kappa shape index (κ2) is 5.81. The van der Waals surface area contributed by atoms with Gasteiger partial charge in [0.25, 0.3) is 10.0 Å². The molecule has 0 radical (unpaired) electrons. The molecule has 0 spiro atoms. The van der Waals surface area contributed by atoms with Crippen LogP contribution in [0.25, 0.3) is 0 Å². The lowest BCUT2D eigenvalue weighted by Crippen LogP contribution is -2.36. The molecule has 0 amide bonds. The molecule has 0 aromatic carbocycles. The number of nitrogens with zero attached hydrogens (tertiary/aromatic N) is 3. The van der Waals surface area contributed by atoms with E-state index in [4.69, 9.17) is 11.6 Å². The molecular weight excluding hydrogens is 286 g/mol. The van der Waals surface area contributed by atoms with Gasteiger partial charge < -0.3 is 4.57 Å². The zero-order valence-corrected chi connectivity index (χ0v) is 12.9. The molecule has 1 unspecified atom stereocenters. The molecule has 108 valence electrons. The van der Waals surface area contributed by atoms with Crippen LogP contribution in [0.1, 0.15) is 32.0 Å². The van der Waals surface area contributed by atoms with Crippen molar-refractivity contribution < 1.29 is 8.42 Å². The minimum Gasteiger partial charge on any atom is -0.334 e. The molecule has 0 aliphatic carbocycles. The van der Waals surface area contributed by atoms with Crippen LogP contribution in [0.2, 0.25) is 0 Å². The van der Waals surface area contributed by atoms with E-state index < -0.39 is 10.0 Å². The van der Waals surface area contributed by atoms with E-state index in [0.29, 0.717) is 12.4 Å². The van der Waals surface area contributed by atoms with Crippen LogP contribution in [-0.2, 0) is 16.6 Å². The Kier molecular flexibility index (Phi) is 4.53. The van der Waals surface area contributed by atoms with E-state index in [0.717, 1.165) is 31.6 Å². The Bertz CT molecular complexity index is 541. The summed E-state index contributed by atoms with van der Waals surface area (Å²) in [5.41, 5.74) is 0. The van der Waals surface area contributed by atoms with Gasteiger partial charge in [-0.1, -0.05) is 6.92 Å². The summed E-state index contributed by atoms with van der Waals surface area (Å²) in [5.74, 6) is 1.08. The maximum Gasteiger partial charge on any atom is 0.262 e. The Morgan fingerprint density at radius 3 is 2.89 bits per heavy atom. The summed E-state index contributed by atoms with van der Waals surface area (Å²) < 4.78 is 28.5. The molecule has 1 atom stereocenters. The van der Waals surface area contributed by atoms with Gasteiger partial charge in [-0.15, -0.1) is 11.6 Å². The van der Waals surface area contributed by atoms with Gasteiger partial charge in [-0.3, -0.25) is 0 Å². The smallest absolute Gasteiger partial charge is 0.262 e.